The number of nitrogens with two attached hydrogens (primary N) is 2. The second-order valence-electron chi connectivity index (χ2n) is 28.4. The molecular weight excluding hydrogens is 1740 g/mol. The number of likely N-dealkylation sites (tertiary alicyclic amines) is 2. The predicted octanol–water partition coefficient (Wildman–Crippen LogP) is 16.8. The van der Waals surface area contributed by atoms with Crippen molar-refractivity contribution in [2.75, 3.05) is 104 Å². The first-order valence-electron chi connectivity index (χ1n) is 40.0. The van der Waals surface area contributed by atoms with Crippen molar-refractivity contribution < 1.29 is 57.3 Å². The van der Waals surface area contributed by atoms with Crippen molar-refractivity contribution in [3.63, 3.8) is 0 Å². The number of nitrogens with zero attached hydrogens (tertiary/aromatic N) is 7. The number of aliphatic imine (C=N–C) groups is 1. The van der Waals surface area contributed by atoms with Crippen molar-refractivity contribution in [3.05, 3.63) is 330 Å². The number of amides is 8. The molecule has 0 saturated carbocycles. The number of carbonyl (C=O) groups is 8. The lowest BCUT2D eigenvalue weighted by atomic mass is 10.1. The average molecular weight is 1830 g/mol. The van der Waals surface area contributed by atoms with Crippen molar-refractivity contribution in [1.29, 1.82) is 16.2 Å². The van der Waals surface area contributed by atoms with Gasteiger partial charge in [-0.2, -0.15) is 0 Å². The summed E-state index contributed by atoms with van der Waals surface area (Å²) in [5.74, 6) is 0.298. The number of methoxy groups -OCH3 is 4. The molecule has 14 rings (SSSR count). The van der Waals surface area contributed by atoms with Crippen LogP contribution in [0.2, 0.25) is 20.1 Å². The van der Waals surface area contributed by atoms with Gasteiger partial charge < -0.3 is 82.7 Å². The molecular formula is C94H88Cl4N20O12. The number of halogens is 4. The minimum absolute atomic E-state index is 0.0959. The molecule has 0 atom stereocenters. The first-order chi connectivity index (χ1) is 62.7. The van der Waals surface area contributed by atoms with Gasteiger partial charge in [0.1, 0.15) is 69.6 Å². The molecule has 130 heavy (non-hydrogen) atoms. The maximum atomic E-state index is 13.0. The van der Waals surface area contributed by atoms with Crippen LogP contribution in [0.15, 0.2) is 248 Å². The third-order valence-corrected chi connectivity index (χ3v) is 20.8. The highest BCUT2D eigenvalue weighted by Crippen LogP contribution is 2.35. The first kappa shape index (κ1) is 95.0. The van der Waals surface area contributed by atoms with Gasteiger partial charge in [0.25, 0.3) is 47.3 Å². The summed E-state index contributed by atoms with van der Waals surface area (Å²) >= 11 is 23.4. The smallest absolute Gasteiger partial charge is 0.259 e. The van der Waals surface area contributed by atoms with Crippen LogP contribution in [-0.4, -0.2) is 162 Å². The number of benzene rings is 8. The van der Waals surface area contributed by atoms with Gasteiger partial charge in [-0.1, -0.05) is 119 Å². The molecule has 12 aromatic rings. The summed E-state index contributed by atoms with van der Waals surface area (Å²) in [6.45, 7) is 3.52. The van der Waals surface area contributed by atoms with Crippen LogP contribution in [0.3, 0.4) is 0 Å². The van der Waals surface area contributed by atoms with E-state index in [1.54, 1.807) is 225 Å². The van der Waals surface area contributed by atoms with Gasteiger partial charge in [-0.05, 0) is 178 Å². The minimum Gasteiger partial charge on any atom is -0.495 e. The maximum absolute atomic E-state index is 13.0. The van der Waals surface area contributed by atoms with E-state index >= 15 is 0 Å². The Morgan fingerprint density at radius 3 is 0.762 bits per heavy atom. The molecule has 2 saturated heterocycles. The summed E-state index contributed by atoms with van der Waals surface area (Å²) in [6.07, 6.45) is 11.2. The summed E-state index contributed by atoms with van der Waals surface area (Å²) in [4.78, 5) is 127. The van der Waals surface area contributed by atoms with Crippen LogP contribution in [0.25, 0.3) is 0 Å². The van der Waals surface area contributed by atoms with E-state index in [0.29, 0.717) is 117 Å². The van der Waals surface area contributed by atoms with E-state index in [9.17, 15) is 38.4 Å². The normalized spacial score (nSPS) is 11.9. The molecule has 8 aromatic carbocycles. The molecule has 0 aliphatic carbocycles. The Bertz CT molecular complexity index is 6150. The van der Waals surface area contributed by atoms with Crippen molar-refractivity contribution >= 4 is 163 Å². The number of nitrogen functional groups attached to an aromatic ring is 1. The zero-order valence-corrected chi connectivity index (χ0v) is 73.7. The third-order valence-electron chi connectivity index (χ3n) is 19.9. The number of amidine groups is 4. The average Bonchev–Trinajstić information content (AvgIpc) is 0.974. The Labute approximate surface area is 767 Å². The van der Waals surface area contributed by atoms with Crippen LogP contribution < -0.4 is 72.9 Å². The number of aromatic nitrogens is 4. The van der Waals surface area contributed by atoms with Gasteiger partial charge in [0.2, 0.25) is 0 Å². The van der Waals surface area contributed by atoms with Gasteiger partial charge in [-0.3, -0.25) is 59.6 Å². The van der Waals surface area contributed by atoms with Gasteiger partial charge in [0.15, 0.2) is 0 Å². The van der Waals surface area contributed by atoms with E-state index in [-0.39, 0.29) is 50.8 Å². The van der Waals surface area contributed by atoms with E-state index in [1.807, 2.05) is 4.90 Å². The van der Waals surface area contributed by atoms with Crippen molar-refractivity contribution in [3.8, 4) is 23.0 Å². The zero-order valence-electron chi connectivity index (χ0n) is 70.7. The number of para-hydroxylation sites is 4. The number of anilines is 8. The molecule has 8 amide bonds. The van der Waals surface area contributed by atoms with Crippen LogP contribution in [0.5, 0.6) is 23.0 Å². The van der Waals surface area contributed by atoms with Gasteiger partial charge in [0, 0.05) is 103 Å². The Morgan fingerprint density at radius 1 is 0.308 bits per heavy atom. The van der Waals surface area contributed by atoms with E-state index in [2.05, 4.69) is 72.4 Å². The number of carbonyl (C=O) groups excluding carboxylic acids is 8. The summed E-state index contributed by atoms with van der Waals surface area (Å²) in [5.41, 5.74) is 17.2. The highest BCUT2D eigenvalue weighted by atomic mass is 35.5. The number of rotatable bonds is 24. The fraction of sp³-hybridized carbons (Fsp3) is 0.149. The van der Waals surface area contributed by atoms with Crippen LogP contribution in [0, 0.1) is 16.2 Å². The standard InChI is InChI=1S/C26H26ClN5O3.C25H24ClN5O3.C22H20ClN5O3.C21H18ClN5O3/c1-35-21-7-5-6-20(26(34)30-22-13-12-19(27)16-29-22)23(21)31-25(33)18-10-8-17(9-11-18)24(28)32-14-3-2-4-15-32;1-34-20-6-4-5-19(25(33)29-21-12-11-18(26)15-28-21)22(20)30-24(32)17-9-7-16(8-10-17)23(27)31-13-2-3-14-31;1-25-20(24)13-6-8-14(9-7-13)21(29)28-19-16(4-3-5-17(19)31-2)22(30)27-18-11-10-15(23)12-26-18;1-30-16-4-2-3-15(21(29)26-17-10-9-14(22)11-25-17)18(16)27-20(28)13-7-5-12(6-8-13)19(23)24/h5-13,16,28H,2-4,14-15H2,1H3,(H,31,33)(H,29,30,34);4-12,15,27H,2-3,13-14H2,1H3,(H,30,32)(H,28,29,33);3-12H,1-2H3,(H2,24,25)(H,28,29)(H,26,27,30);2-11H,1H3,(H3,23,24)(H,27,28)(H,25,26,29). The molecule has 6 heterocycles. The highest BCUT2D eigenvalue weighted by molar-refractivity contribution is 6.31. The summed E-state index contributed by atoms with van der Waals surface area (Å²) in [5, 5.41) is 47.9. The molecule has 15 N–H and O–H groups in total. The Balaban J connectivity index is 0.000000168. The number of ether oxygens (including phenoxy) is 4. The fourth-order valence-electron chi connectivity index (χ4n) is 13.1. The molecule has 0 spiro atoms. The van der Waals surface area contributed by atoms with Gasteiger partial charge in [-0.25, -0.2) is 19.9 Å². The summed E-state index contributed by atoms with van der Waals surface area (Å²) < 4.78 is 21.4. The Kier molecular flexibility index (Phi) is 33.6. The van der Waals surface area contributed by atoms with Gasteiger partial charge in [-0.15, -0.1) is 0 Å². The number of piperidine rings is 1. The van der Waals surface area contributed by atoms with Gasteiger partial charge >= 0.3 is 0 Å². The Morgan fingerprint density at radius 2 is 0.538 bits per heavy atom. The minimum atomic E-state index is -0.481. The number of hydrogen-bond acceptors (Lipinski definition) is 20. The summed E-state index contributed by atoms with van der Waals surface area (Å²) in [7, 11) is 7.41. The number of nitrogens with one attached hydrogen (secondary N) is 11. The second kappa shape index (κ2) is 46.0. The molecule has 36 heteroatoms. The molecule has 2 aliphatic heterocycles. The molecule has 32 nitrogen and oxygen atoms in total. The first-order valence-corrected chi connectivity index (χ1v) is 41.5. The topological polar surface area (TPSA) is 464 Å². The number of pyridine rings is 4. The second-order valence-corrected chi connectivity index (χ2v) is 30.1. The quantitative estimate of drug-likeness (QED) is 0.0197. The maximum Gasteiger partial charge on any atom is 0.259 e. The Hall–Kier alpha value is -15.6. The van der Waals surface area contributed by atoms with Crippen molar-refractivity contribution in [2.24, 2.45) is 16.5 Å². The largest absolute Gasteiger partial charge is 0.495 e. The molecule has 2 fully saturated rings. The molecule has 0 unspecified atom stereocenters. The monoisotopic (exact) mass is 1830 g/mol. The molecule has 0 bridgehead atoms. The SMILES string of the molecule is CN=C(N)c1ccc(C(=O)Nc2c(OC)cccc2C(=O)Nc2ccc(Cl)cn2)cc1.COc1cccc(C(=O)Nc2ccc(Cl)cn2)c1NC(=O)c1ccc(C(=N)N)cc1.COc1cccc(C(=O)Nc2ccc(Cl)cn2)c1NC(=O)c1ccc(C(=N)N2CCCC2)cc1.COc1cccc(C(=O)Nc2ccc(Cl)cn2)c1NC(=O)c1ccc(C(=N)N2CCCCC2)cc1. The fourth-order valence-corrected chi connectivity index (χ4v) is 13.5. The molecule has 2 aliphatic rings. The van der Waals surface area contributed by atoms with Crippen LogP contribution >= 0.6 is 46.4 Å². The lowest BCUT2D eigenvalue weighted by molar-refractivity contribution is 0.101. The van der Waals surface area contributed by atoms with E-state index in [1.165, 1.54) is 59.6 Å². The zero-order chi connectivity index (χ0) is 92.9. The van der Waals surface area contributed by atoms with Crippen LogP contribution in [0.1, 0.15) is 137 Å². The lowest BCUT2D eigenvalue weighted by Crippen LogP contribution is -2.35. The molecule has 664 valence electrons. The van der Waals surface area contributed by atoms with Crippen molar-refractivity contribution in [2.45, 2.75) is 32.1 Å². The molecule has 0 radical (unpaired) electrons. The highest BCUT2D eigenvalue weighted by Gasteiger charge is 2.27. The third kappa shape index (κ3) is 25.6. The molecule has 4 aromatic heterocycles. The van der Waals surface area contributed by atoms with Crippen molar-refractivity contribution in [1.82, 2.24) is 29.7 Å². The predicted molar refractivity (Wildman–Crippen MR) is 506 cm³/mol. The van der Waals surface area contributed by atoms with Crippen LogP contribution in [0.4, 0.5) is 46.0 Å². The van der Waals surface area contributed by atoms with E-state index in [4.69, 9.17) is 93.0 Å². The van der Waals surface area contributed by atoms with E-state index < -0.39 is 47.3 Å². The van der Waals surface area contributed by atoms with Gasteiger partial charge in [0.05, 0.1) is 93.5 Å². The lowest BCUT2D eigenvalue weighted by Gasteiger charge is -2.29. The number of hydrogen-bond donors (Lipinski definition) is 13. The summed E-state index contributed by atoms with van der Waals surface area (Å²) in [6, 6.07) is 58.9. The van der Waals surface area contributed by atoms with E-state index in [0.717, 1.165) is 63.0 Å². The van der Waals surface area contributed by atoms with Crippen LogP contribution in [-0.2, 0) is 0 Å².